The first kappa shape index (κ1) is 15.4. The van der Waals surface area contributed by atoms with Crippen LogP contribution in [0.25, 0.3) is 16.3 Å². The molecule has 0 spiro atoms. The van der Waals surface area contributed by atoms with Crippen molar-refractivity contribution < 1.29 is 14.3 Å². The molecule has 0 radical (unpaired) electrons. The van der Waals surface area contributed by atoms with Gasteiger partial charge in [0.2, 0.25) is 0 Å². The summed E-state index contributed by atoms with van der Waals surface area (Å²) in [4.78, 5) is 23.6. The molecule has 1 aromatic carbocycles. The Morgan fingerprint density at radius 1 is 1.22 bits per heavy atom. The highest BCUT2D eigenvalue weighted by Gasteiger charge is 2.17. The maximum Gasteiger partial charge on any atom is 0.341 e. The third-order valence-corrected chi connectivity index (χ3v) is 4.15. The first-order valence-corrected chi connectivity index (χ1v) is 7.54. The van der Waals surface area contributed by atoms with Gasteiger partial charge >= 0.3 is 5.97 Å². The zero-order chi connectivity index (χ0) is 16.6. The molecule has 0 aliphatic heterocycles. The molecule has 3 aromatic rings. The van der Waals surface area contributed by atoms with E-state index < -0.39 is 22.2 Å². The van der Waals surface area contributed by atoms with Gasteiger partial charge in [-0.2, -0.15) is 14.2 Å². The van der Waals surface area contributed by atoms with E-state index in [2.05, 4.69) is 5.10 Å². The van der Waals surface area contributed by atoms with Gasteiger partial charge in [0.05, 0.1) is 5.69 Å². The molecule has 0 saturated carbocycles. The molecule has 1 N–H and O–H groups in total. The quantitative estimate of drug-likeness (QED) is 0.785. The van der Waals surface area contributed by atoms with E-state index in [1.807, 2.05) is 0 Å². The second kappa shape index (κ2) is 5.94. The van der Waals surface area contributed by atoms with E-state index in [0.29, 0.717) is 21.9 Å². The van der Waals surface area contributed by atoms with Gasteiger partial charge < -0.3 is 5.11 Å². The summed E-state index contributed by atoms with van der Waals surface area (Å²) in [5, 5.41) is 13.6. The van der Waals surface area contributed by atoms with Gasteiger partial charge in [0.25, 0.3) is 5.56 Å². The number of hydrogen-bond acceptors (Lipinski definition) is 4. The topological polar surface area (TPSA) is 72.2 Å². The lowest BCUT2D eigenvalue weighted by Gasteiger charge is -2.07. The first-order chi connectivity index (χ1) is 11.0. The molecule has 3 rings (SSSR count). The molecule has 0 aliphatic rings. The van der Waals surface area contributed by atoms with Crippen molar-refractivity contribution in [3.05, 3.63) is 68.5 Å². The number of aromatic carboxylic acids is 1. The highest BCUT2D eigenvalue weighted by molar-refractivity contribution is 7.12. The molecule has 0 fully saturated rings. The van der Waals surface area contributed by atoms with Crippen molar-refractivity contribution in [2.45, 2.75) is 0 Å². The van der Waals surface area contributed by atoms with Crippen LogP contribution in [0.2, 0.25) is 5.02 Å². The van der Waals surface area contributed by atoms with Gasteiger partial charge in [0.1, 0.15) is 10.6 Å². The van der Waals surface area contributed by atoms with Crippen LogP contribution >= 0.6 is 22.9 Å². The number of carbonyl (C=O) groups is 1. The monoisotopic (exact) mass is 350 g/mol. The van der Waals surface area contributed by atoms with Crippen LogP contribution in [0.15, 0.2) is 47.3 Å². The van der Waals surface area contributed by atoms with Gasteiger partial charge in [-0.25, -0.2) is 4.79 Å². The molecular weight excluding hydrogens is 343 g/mol. The minimum Gasteiger partial charge on any atom is -0.477 e. The fourth-order valence-electron chi connectivity index (χ4n) is 1.98. The van der Waals surface area contributed by atoms with E-state index in [0.717, 1.165) is 4.68 Å². The number of aromatic nitrogens is 2. The molecule has 116 valence electrons. The second-order valence-electron chi connectivity index (χ2n) is 4.55. The van der Waals surface area contributed by atoms with Crippen molar-refractivity contribution in [2.75, 3.05) is 0 Å². The summed E-state index contributed by atoms with van der Waals surface area (Å²) in [5.74, 6) is -1.38. The van der Waals surface area contributed by atoms with Gasteiger partial charge in [0.15, 0.2) is 5.13 Å². The average Bonchev–Trinajstić information content (AvgIpc) is 2.94. The molecule has 0 unspecified atom stereocenters. The van der Waals surface area contributed by atoms with Gasteiger partial charge in [-0.1, -0.05) is 35.1 Å². The van der Waals surface area contributed by atoms with Crippen molar-refractivity contribution >= 4 is 28.9 Å². The summed E-state index contributed by atoms with van der Waals surface area (Å²) >= 11 is 6.53. The lowest BCUT2D eigenvalue weighted by Crippen LogP contribution is -2.27. The van der Waals surface area contributed by atoms with Crippen molar-refractivity contribution in [2.24, 2.45) is 0 Å². The number of halogens is 2. The third kappa shape index (κ3) is 3.01. The fraction of sp³-hybridized carbons (Fsp3) is 0. The number of carboxylic acids is 1. The summed E-state index contributed by atoms with van der Waals surface area (Å²) in [6.07, 6.45) is 0. The molecule has 0 aliphatic carbocycles. The Morgan fingerprint density at radius 3 is 2.48 bits per heavy atom. The van der Waals surface area contributed by atoms with Crippen LogP contribution in [0.5, 0.6) is 0 Å². The Labute approximate surface area is 138 Å². The van der Waals surface area contributed by atoms with E-state index >= 15 is 0 Å². The van der Waals surface area contributed by atoms with Crippen molar-refractivity contribution in [1.82, 2.24) is 9.78 Å². The van der Waals surface area contributed by atoms with Gasteiger partial charge in [-0.15, -0.1) is 0 Å². The molecule has 23 heavy (non-hydrogen) atoms. The first-order valence-electron chi connectivity index (χ1n) is 6.35. The van der Waals surface area contributed by atoms with E-state index in [1.165, 1.54) is 18.2 Å². The molecule has 0 saturated heterocycles. The number of benzene rings is 1. The number of hydrogen-bond donors (Lipinski definition) is 1. The molecule has 0 amide bonds. The Kier molecular flexibility index (Phi) is 3.97. The van der Waals surface area contributed by atoms with E-state index in [-0.39, 0.29) is 10.7 Å². The average molecular weight is 351 g/mol. The predicted molar refractivity (Wildman–Crippen MR) is 85.1 cm³/mol. The Balaban J connectivity index is 2.25. The van der Waals surface area contributed by atoms with Crippen LogP contribution < -0.4 is 5.56 Å². The number of nitrogens with zero attached hydrogens (tertiary/aromatic N) is 2. The molecular formula is C15H8ClFN2O3S. The standard InChI is InChI=1S/C15H8ClFN2O3S/c16-9-3-1-8(2-4-9)11-7-10(15(21)22)14(20)19(18-11)13-6-5-12(17)23-13/h1-7H,(H,21,22). The van der Waals surface area contributed by atoms with Gasteiger partial charge in [-0.3, -0.25) is 4.79 Å². The van der Waals surface area contributed by atoms with Crippen LogP contribution in [0.4, 0.5) is 4.39 Å². The second-order valence-corrected chi connectivity index (χ2v) is 6.00. The van der Waals surface area contributed by atoms with Crippen LogP contribution in [-0.4, -0.2) is 20.9 Å². The molecule has 0 bridgehead atoms. The van der Waals surface area contributed by atoms with Crippen LogP contribution in [0.3, 0.4) is 0 Å². The SMILES string of the molecule is O=C(O)c1cc(-c2ccc(Cl)cc2)nn(-c2ccc(F)s2)c1=O. The molecule has 2 aromatic heterocycles. The van der Waals surface area contributed by atoms with Crippen molar-refractivity contribution in [3.8, 4) is 16.3 Å². The van der Waals surface area contributed by atoms with Gasteiger partial charge in [0, 0.05) is 10.6 Å². The predicted octanol–water partition coefficient (Wildman–Crippen LogP) is 3.45. The summed E-state index contributed by atoms with van der Waals surface area (Å²) in [5.41, 5.74) is -0.411. The maximum absolute atomic E-state index is 13.2. The largest absolute Gasteiger partial charge is 0.477 e. The fourth-order valence-corrected chi connectivity index (χ4v) is 2.79. The number of rotatable bonds is 3. The number of thiophene rings is 1. The lowest BCUT2D eigenvalue weighted by atomic mass is 10.1. The summed E-state index contributed by atoms with van der Waals surface area (Å²) in [7, 11) is 0. The zero-order valence-corrected chi connectivity index (χ0v) is 12.9. The Hall–Kier alpha value is -2.51. The van der Waals surface area contributed by atoms with E-state index in [4.69, 9.17) is 11.6 Å². The van der Waals surface area contributed by atoms with Crippen LogP contribution in [0.1, 0.15) is 10.4 Å². The Bertz CT molecular complexity index is 950. The van der Waals surface area contributed by atoms with Crippen LogP contribution in [0, 0.1) is 5.13 Å². The molecule has 8 heteroatoms. The van der Waals surface area contributed by atoms with Crippen molar-refractivity contribution in [3.63, 3.8) is 0 Å². The highest BCUT2D eigenvalue weighted by Crippen LogP contribution is 2.22. The summed E-state index contributed by atoms with van der Waals surface area (Å²) in [6.45, 7) is 0. The minimum absolute atomic E-state index is 0.200. The van der Waals surface area contributed by atoms with Gasteiger partial charge in [-0.05, 0) is 30.3 Å². The summed E-state index contributed by atoms with van der Waals surface area (Å²) < 4.78 is 14.1. The molecule has 0 atom stereocenters. The van der Waals surface area contributed by atoms with Crippen molar-refractivity contribution in [1.29, 1.82) is 0 Å². The van der Waals surface area contributed by atoms with Crippen LogP contribution in [-0.2, 0) is 0 Å². The smallest absolute Gasteiger partial charge is 0.341 e. The Morgan fingerprint density at radius 2 is 1.91 bits per heavy atom. The third-order valence-electron chi connectivity index (χ3n) is 3.05. The normalized spacial score (nSPS) is 10.7. The lowest BCUT2D eigenvalue weighted by molar-refractivity contribution is 0.0694. The highest BCUT2D eigenvalue weighted by atomic mass is 35.5. The van der Waals surface area contributed by atoms with E-state index in [9.17, 15) is 19.1 Å². The zero-order valence-electron chi connectivity index (χ0n) is 11.4. The molecule has 2 heterocycles. The minimum atomic E-state index is -1.38. The maximum atomic E-state index is 13.2. The van der Waals surface area contributed by atoms with E-state index in [1.54, 1.807) is 24.3 Å². The molecule has 5 nitrogen and oxygen atoms in total. The summed E-state index contributed by atoms with van der Waals surface area (Å²) in [6, 6.07) is 10.3. The number of carboxylic acid groups (broad SMARTS) is 1.